The quantitative estimate of drug-likeness (QED) is 0.667. The Kier molecular flexibility index (Phi) is 6.21. The van der Waals surface area contributed by atoms with Crippen LogP contribution in [0.1, 0.15) is 43.2 Å². The molecule has 0 aromatic heterocycles. The van der Waals surface area contributed by atoms with Crippen LogP contribution >= 0.6 is 11.6 Å². The monoisotopic (exact) mass is 457 g/mol. The number of hydrogen-bond donors (Lipinski definition) is 1. The van der Waals surface area contributed by atoms with Gasteiger partial charge in [-0.1, -0.05) is 60.1 Å². The highest BCUT2D eigenvalue weighted by atomic mass is 35.5. The molecule has 2 heterocycles. The van der Waals surface area contributed by atoms with Gasteiger partial charge in [0.25, 0.3) is 0 Å². The van der Waals surface area contributed by atoms with Crippen molar-refractivity contribution in [3.05, 3.63) is 86.9 Å². The topological polar surface area (TPSA) is 72.5 Å². The van der Waals surface area contributed by atoms with Gasteiger partial charge in [-0.25, -0.2) is 13.2 Å². The number of nitrogens with one attached hydrogen (secondary N) is 1. The van der Waals surface area contributed by atoms with Crippen LogP contribution in [0.5, 0.6) is 0 Å². The summed E-state index contributed by atoms with van der Waals surface area (Å²) in [6.45, 7) is 1.91. The van der Waals surface area contributed by atoms with E-state index in [4.69, 9.17) is 16.3 Å². The van der Waals surface area contributed by atoms with Crippen molar-refractivity contribution in [3.63, 3.8) is 0 Å². The third-order valence-electron chi connectivity index (χ3n) is 5.59. The number of benzene rings is 2. The molecular weight excluding hydrogens is 434 g/mol. The summed E-state index contributed by atoms with van der Waals surface area (Å²) in [5, 5.41) is 3.72. The van der Waals surface area contributed by atoms with Crippen LogP contribution in [0.15, 0.2) is 70.8 Å². The van der Waals surface area contributed by atoms with Crippen molar-refractivity contribution < 1.29 is 17.9 Å². The van der Waals surface area contributed by atoms with Gasteiger partial charge in [-0.05, 0) is 43.4 Å². The van der Waals surface area contributed by atoms with Gasteiger partial charge in [0, 0.05) is 10.7 Å². The second-order valence-corrected chi connectivity index (χ2v) is 10.1. The summed E-state index contributed by atoms with van der Waals surface area (Å²) < 4.78 is 32.2. The molecule has 1 unspecified atom stereocenters. The van der Waals surface area contributed by atoms with Crippen molar-refractivity contribution in [2.75, 3.05) is 12.4 Å². The smallest absolute Gasteiger partial charge is 0.337 e. The van der Waals surface area contributed by atoms with Gasteiger partial charge in [0.1, 0.15) is 0 Å². The number of allylic oxidation sites excluding steroid dienone is 2. The molecule has 7 heteroatoms. The Hall–Kier alpha value is -2.57. The predicted octanol–water partition coefficient (Wildman–Crippen LogP) is 4.81. The molecule has 5 nitrogen and oxygen atoms in total. The van der Waals surface area contributed by atoms with E-state index in [2.05, 4.69) is 5.32 Å². The first-order valence-electron chi connectivity index (χ1n) is 10.4. The summed E-state index contributed by atoms with van der Waals surface area (Å²) in [5.74, 6) is -1.34. The van der Waals surface area contributed by atoms with Crippen LogP contribution in [0.25, 0.3) is 5.70 Å². The molecule has 31 heavy (non-hydrogen) atoms. The molecule has 0 spiro atoms. The van der Waals surface area contributed by atoms with E-state index < -0.39 is 21.7 Å². The third-order valence-corrected chi connectivity index (χ3v) is 7.92. The highest BCUT2D eigenvalue weighted by molar-refractivity contribution is 7.95. The zero-order valence-corrected chi connectivity index (χ0v) is 18.8. The number of ether oxygens (including phenoxy) is 1. The maximum absolute atomic E-state index is 13.4. The minimum absolute atomic E-state index is 0.0469. The second kappa shape index (κ2) is 8.89. The number of hydrogen-bond acceptors (Lipinski definition) is 5. The minimum atomic E-state index is -3.60. The van der Waals surface area contributed by atoms with E-state index >= 15 is 0 Å². The molecule has 2 aromatic carbocycles. The lowest BCUT2D eigenvalue weighted by Gasteiger charge is -2.33. The first-order chi connectivity index (χ1) is 14.9. The van der Waals surface area contributed by atoms with Crippen LogP contribution < -0.4 is 5.32 Å². The summed E-state index contributed by atoms with van der Waals surface area (Å²) in [4.78, 5) is 13.5. The molecule has 4 rings (SSSR count). The molecule has 1 N–H and O–H groups in total. The predicted molar refractivity (Wildman–Crippen MR) is 122 cm³/mol. The van der Waals surface area contributed by atoms with E-state index in [9.17, 15) is 13.2 Å². The number of esters is 1. The Bertz CT molecular complexity index is 1170. The van der Waals surface area contributed by atoms with Crippen LogP contribution in [-0.2, 0) is 19.4 Å². The van der Waals surface area contributed by atoms with E-state index in [1.54, 1.807) is 31.2 Å². The van der Waals surface area contributed by atoms with Crippen LogP contribution in [0, 0.1) is 0 Å². The summed E-state index contributed by atoms with van der Waals surface area (Å²) in [6, 6.07) is 16.5. The van der Waals surface area contributed by atoms with Crippen molar-refractivity contribution in [3.8, 4) is 0 Å². The first-order valence-corrected chi connectivity index (χ1v) is 12.4. The lowest BCUT2D eigenvalue weighted by atomic mass is 9.84. The van der Waals surface area contributed by atoms with E-state index in [0.29, 0.717) is 34.8 Å². The van der Waals surface area contributed by atoms with Gasteiger partial charge >= 0.3 is 5.97 Å². The molecule has 0 radical (unpaired) electrons. The van der Waals surface area contributed by atoms with Crippen molar-refractivity contribution in [1.82, 2.24) is 5.32 Å². The number of halogens is 1. The fourth-order valence-corrected chi connectivity index (χ4v) is 6.43. The Balaban J connectivity index is 2.05. The van der Waals surface area contributed by atoms with Gasteiger partial charge < -0.3 is 10.1 Å². The summed E-state index contributed by atoms with van der Waals surface area (Å²) >= 11 is 6.55. The molecular formula is C24H24ClNO4S. The first kappa shape index (κ1) is 21.7. The molecule has 0 saturated carbocycles. The maximum Gasteiger partial charge on any atom is 0.337 e. The number of sulfone groups is 1. The number of carbonyl (C=O) groups is 1. The lowest BCUT2D eigenvalue weighted by molar-refractivity contribution is -0.138. The largest absolute Gasteiger partial charge is 0.463 e. The molecule has 0 aliphatic carbocycles. The Morgan fingerprint density at radius 2 is 1.81 bits per heavy atom. The minimum Gasteiger partial charge on any atom is -0.463 e. The fraction of sp³-hybridized carbons (Fsp3) is 0.292. The zero-order chi connectivity index (χ0) is 22.0. The Morgan fingerprint density at radius 1 is 1.10 bits per heavy atom. The van der Waals surface area contributed by atoms with E-state index in [0.717, 1.165) is 12.0 Å². The number of dihydropyridines is 1. The molecule has 2 aliphatic heterocycles. The van der Waals surface area contributed by atoms with Crippen LogP contribution in [0.3, 0.4) is 0 Å². The van der Waals surface area contributed by atoms with E-state index in [1.165, 1.54) is 0 Å². The summed E-state index contributed by atoms with van der Waals surface area (Å²) in [6.07, 6.45) is 1.90. The van der Waals surface area contributed by atoms with Gasteiger partial charge in [-0.3, -0.25) is 0 Å². The molecule has 2 aromatic rings. The Morgan fingerprint density at radius 3 is 2.52 bits per heavy atom. The van der Waals surface area contributed by atoms with E-state index in [1.807, 2.05) is 30.3 Å². The average molecular weight is 458 g/mol. The number of rotatable bonds is 4. The van der Waals surface area contributed by atoms with Crippen molar-refractivity contribution in [2.45, 2.75) is 32.1 Å². The van der Waals surface area contributed by atoms with Gasteiger partial charge in [0.15, 0.2) is 9.84 Å². The van der Waals surface area contributed by atoms with Gasteiger partial charge in [-0.15, -0.1) is 0 Å². The van der Waals surface area contributed by atoms with Crippen molar-refractivity contribution in [1.29, 1.82) is 0 Å². The zero-order valence-electron chi connectivity index (χ0n) is 17.2. The lowest BCUT2D eigenvalue weighted by Crippen LogP contribution is -2.33. The third kappa shape index (κ3) is 4.14. The van der Waals surface area contributed by atoms with Crippen molar-refractivity contribution >= 4 is 33.1 Å². The fourth-order valence-electron chi connectivity index (χ4n) is 4.25. The van der Waals surface area contributed by atoms with E-state index in [-0.39, 0.29) is 22.8 Å². The number of carbonyl (C=O) groups excluding carboxylic acids is 1. The molecule has 162 valence electrons. The van der Waals surface area contributed by atoms with Crippen molar-refractivity contribution in [2.24, 2.45) is 0 Å². The summed E-state index contributed by atoms with van der Waals surface area (Å²) in [7, 11) is -3.60. The molecule has 0 saturated heterocycles. The van der Waals surface area contributed by atoms with Gasteiger partial charge in [-0.2, -0.15) is 0 Å². The average Bonchev–Trinajstić information content (AvgIpc) is 2.91. The molecule has 2 aliphatic rings. The standard InChI is InChI=1S/C24H24ClNO4S/c1-2-30-24(27)21-20(17-12-6-7-13-18(17)25)23-19(14-8-9-15-31(23,28)29)26-22(21)16-10-4-3-5-11-16/h3-7,10-13,20,26H,2,8-9,14-15H2,1H3. The van der Waals surface area contributed by atoms with Gasteiger partial charge in [0.2, 0.25) is 0 Å². The summed E-state index contributed by atoms with van der Waals surface area (Å²) in [5.41, 5.74) is 2.84. The van der Waals surface area contributed by atoms with Crippen LogP contribution in [0.4, 0.5) is 0 Å². The molecule has 0 fully saturated rings. The van der Waals surface area contributed by atoms with Crippen LogP contribution in [0.2, 0.25) is 5.02 Å². The maximum atomic E-state index is 13.4. The second-order valence-electron chi connectivity index (χ2n) is 7.57. The molecule has 0 bridgehead atoms. The highest BCUT2D eigenvalue weighted by Gasteiger charge is 2.43. The van der Waals surface area contributed by atoms with Crippen LogP contribution in [-0.4, -0.2) is 26.7 Å². The normalized spacial score (nSPS) is 20.5. The molecule has 1 atom stereocenters. The SMILES string of the molecule is CCOC(=O)C1=C(c2ccccc2)NC2=C(C1c1ccccc1Cl)S(=O)(=O)CCCC2. The molecule has 0 amide bonds. The Labute approximate surface area is 187 Å². The highest BCUT2D eigenvalue weighted by Crippen LogP contribution is 2.47. The van der Waals surface area contributed by atoms with Gasteiger partial charge in [0.05, 0.1) is 34.5 Å².